The van der Waals surface area contributed by atoms with Crippen LogP contribution in [0.15, 0.2) is 24.3 Å². The van der Waals surface area contributed by atoms with E-state index in [-0.39, 0.29) is 17.9 Å². The fraction of sp³-hybridized carbons (Fsp3) is 0.524. The van der Waals surface area contributed by atoms with Gasteiger partial charge in [-0.05, 0) is 36.0 Å². The maximum Gasteiger partial charge on any atom is 0.325 e. The van der Waals surface area contributed by atoms with E-state index in [0.717, 1.165) is 5.56 Å². The zero-order valence-electron chi connectivity index (χ0n) is 17.4. The molecule has 7 heteroatoms. The van der Waals surface area contributed by atoms with Crippen LogP contribution in [0.25, 0.3) is 0 Å². The van der Waals surface area contributed by atoms with E-state index in [1.807, 2.05) is 18.2 Å². The Kier molecular flexibility index (Phi) is 7.74. The van der Waals surface area contributed by atoms with Crippen molar-refractivity contribution in [3.63, 3.8) is 0 Å². The molecule has 0 aliphatic heterocycles. The maximum atomic E-state index is 12.1. The summed E-state index contributed by atoms with van der Waals surface area (Å²) >= 11 is 0. The summed E-state index contributed by atoms with van der Waals surface area (Å²) in [6.45, 7) is 10.6. The second-order valence-electron chi connectivity index (χ2n) is 8.19. The monoisotopic (exact) mass is 387 g/mol. The molecule has 152 valence electrons. The summed E-state index contributed by atoms with van der Waals surface area (Å²) in [7, 11) is 0. The molecule has 2 amide bonds. The van der Waals surface area contributed by atoms with Crippen LogP contribution in [0.5, 0.6) is 0 Å². The third kappa shape index (κ3) is 6.69. The van der Waals surface area contributed by atoms with Gasteiger partial charge in [0, 0.05) is 5.56 Å². The number of hydrogen-bond donors (Lipinski definition) is 2. The third-order valence-electron chi connectivity index (χ3n) is 4.56. The van der Waals surface area contributed by atoms with Crippen molar-refractivity contribution >= 4 is 17.8 Å². The Hall–Kier alpha value is -2.88. The lowest BCUT2D eigenvalue weighted by molar-refractivity contribution is -0.147. The number of nitrogens with zero attached hydrogens (tertiary/aromatic N) is 1. The molecule has 7 nitrogen and oxygen atoms in total. The first-order chi connectivity index (χ1) is 12.9. The highest BCUT2D eigenvalue weighted by Crippen LogP contribution is 2.22. The smallest absolute Gasteiger partial charge is 0.325 e. The molecule has 1 atom stereocenters. The number of esters is 1. The van der Waals surface area contributed by atoms with Gasteiger partial charge in [-0.25, -0.2) is 0 Å². The highest BCUT2D eigenvalue weighted by atomic mass is 16.5. The van der Waals surface area contributed by atoms with E-state index >= 15 is 0 Å². The van der Waals surface area contributed by atoms with E-state index in [1.165, 1.54) is 0 Å². The van der Waals surface area contributed by atoms with E-state index < -0.39 is 29.9 Å². The summed E-state index contributed by atoms with van der Waals surface area (Å²) in [6.07, 6.45) is 0. The van der Waals surface area contributed by atoms with Crippen LogP contribution in [0.3, 0.4) is 0 Å². The normalized spacial score (nSPS) is 13.2. The van der Waals surface area contributed by atoms with Gasteiger partial charge in [-0.1, -0.05) is 46.8 Å². The molecular weight excluding hydrogens is 358 g/mol. The number of nitriles is 1. The molecule has 0 aliphatic rings. The van der Waals surface area contributed by atoms with E-state index in [4.69, 9.17) is 4.74 Å². The molecule has 1 aromatic rings. The van der Waals surface area contributed by atoms with Gasteiger partial charge < -0.3 is 15.4 Å². The molecule has 0 bridgehead atoms. The van der Waals surface area contributed by atoms with Gasteiger partial charge in [-0.15, -0.1) is 0 Å². The Balaban J connectivity index is 2.47. The highest BCUT2D eigenvalue weighted by Gasteiger charge is 2.30. The van der Waals surface area contributed by atoms with E-state index in [0.29, 0.717) is 5.56 Å². The summed E-state index contributed by atoms with van der Waals surface area (Å²) < 4.78 is 4.85. The van der Waals surface area contributed by atoms with E-state index in [2.05, 4.69) is 31.4 Å². The van der Waals surface area contributed by atoms with Crippen LogP contribution >= 0.6 is 0 Å². The molecule has 0 aliphatic carbocycles. The van der Waals surface area contributed by atoms with Crippen LogP contribution in [0.1, 0.15) is 57.5 Å². The minimum atomic E-state index is -1.04. The largest absolute Gasteiger partial charge is 0.454 e. The zero-order chi connectivity index (χ0) is 21.5. The number of nitrogens with one attached hydrogen (secondary N) is 2. The zero-order valence-corrected chi connectivity index (χ0v) is 17.4. The Morgan fingerprint density at radius 1 is 1.11 bits per heavy atom. The molecular formula is C21H29N3O4. The topological polar surface area (TPSA) is 108 Å². The lowest BCUT2D eigenvalue weighted by atomic mass is 9.87. The maximum absolute atomic E-state index is 12.1. The lowest BCUT2D eigenvalue weighted by Gasteiger charge is -2.27. The van der Waals surface area contributed by atoms with Crippen molar-refractivity contribution in [2.45, 2.75) is 52.5 Å². The number of rotatable bonds is 7. The minimum absolute atomic E-state index is 0.0173. The van der Waals surface area contributed by atoms with Crippen molar-refractivity contribution < 1.29 is 19.1 Å². The predicted octanol–water partition coefficient (Wildman–Crippen LogP) is 2.31. The summed E-state index contributed by atoms with van der Waals surface area (Å²) in [5, 5.41) is 14.2. The first kappa shape index (κ1) is 23.2. The molecule has 0 saturated heterocycles. The number of amides is 2. The summed E-state index contributed by atoms with van der Waals surface area (Å²) in [4.78, 5) is 35.7. The fourth-order valence-electron chi connectivity index (χ4n) is 2.20. The molecule has 28 heavy (non-hydrogen) atoms. The van der Waals surface area contributed by atoms with Crippen molar-refractivity contribution in [1.82, 2.24) is 10.6 Å². The first-order valence-corrected chi connectivity index (χ1v) is 9.15. The van der Waals surface area contributed by atoms with Crippen molar-refractivity contribution in [3.8, 4) is 6.07 Å². The van der Waals surface area contributed by atoms with Crippen LogP contribution in [0, 0.1) is 17.2 Å². The molecule has 0 heterocycles. The van der Waals surface area contributed by atoms with Gasteiger partial charge in [-0.2, -0.15) is 5.26 Å². The molecule has 0 spiro atoms. The van der Waals surface area contributed by atoms with Gasteiger partial charge in [0.1, 0.15) is 12.1 Å². The average Bonchev–Trinajstić information content (AvgIpc) is 2.63. The highest BCUT2D eigenvalue weighted by molar-refractivity contribution is 5.96. The van der Waals surface area contributed by atoms with Crippen LogP contribution in [0.2, 0.25) is 0 Å². The average molecular weight is 387 g/mol. The van der Waals surface area contributed by atoms with Crippen LogP contribution in [-0.2, 0) is 19.7 Å². The Labute approximate surface area is 166 Å². The summed E-state index contributed by atoms with van der Waals surface area (Å²) in [5.74, 6) is -1.83. The Morgan fingerprint density at radius 3 is 2.14 bits per heavy atom. The number of hydrogen-bond acceptors (Lipinski definition) is 5. The molecule has 1 unspecified atom stereocenters. The number of ether oxygens (including phenoxy) is 1. The number of carbonyl (C=O) groups excluding carboxylic acids is 3. The van der Waals surface area contributed by atoms with Crippen LogP contribution < -0.4 is 10.6 Å². The SMILES string of the molecule is CC(C)C(C)(C#N)NC(=O)COC(=O)CNC(=O)c1ccc(C(C)(C)C)cc1. The second kappa shape index (κ2) is 9.36. The number of carbonyl (C=O) groups is 3. The van der Waals surface area contributed by atoms with Crippen molar-refractivity contribution in [2.75, 3.05) is 13.2 Å². The molecule has 0 fully saturated rings. The van der Waals surface area contributed by atoms with Crippen molar-refractivity contribution in [1.29, 1.82) is 5.26 Å². The third-order valence-corrected chi connectivity index (χ3v) is 4.56. The van der Waals surface area contributed by atoms with Gasteiger partial charge >= 0.3 is 5.97 Å². The lowest BCUT2D eigenvalue weighted by Crippen LogP contribution is -2.50. The van der Waals surface area contributed by atoms with Gasteiger partial charge in [-0.3, -0.25) is 14.4 Å². The van der Waals surface area contributed by atoms with Crippen molar-refractivity contribution in [3.05, 3.63) is 35.4 Å². The Morgan fingerprint density at radius 2 is 1.68 bits per heavy atom. The van der Waals surface area contributed by atoms with Gasteiger partial charge in [0.2, 0.25) is 0 Å². The molecule has 1 rings (SSSR count). The van der Waals surface area contributed by atoms with E-state index in [1.54, 1.807) is 32.9 Å². The van der Waals surface area contributed by atoms with E-state index in [9.17, 15) is 19.6 Å². The fourth-order valence-corrected chi connectivity index (χ4v) is 2.20. The predicted molar refractivity (Wildman–Crippen MR) is 105 cm³/mol. The standard InChI is InChI=1S/C21H29N3O4/c1-14(2)21(6,13-22)24-17(25)12-28-18(26)11-23-19(27)15-7-9-16(10-8-15)20(3,4)5/h7-10,14H,11-12H2,1-6H3,(H,23,27)(H,24,25). The van der Waals surface area contributed by atoms with Gasteiger partial charge in [0.25, 0.3) is 11.8 Å². The summed E-state index contributed by atoms with van der Waals surface area (Å²) in [5.41, 5.74) is 0.466. The van der Waals surface area contributed by atoms with Crippen molar-refractivity contribution in [2.24, 2.45) is 5.92 Å². The number of benzene rings is 1. The van der Waals surface area contributed by atoms with Gasteiger partial charge in [0.05, 0.1) is 6.07 Å². The minimum Gasteiger partial charge on any atom is -0.454 e. The molecule has 0 radical (unpaired) electrons. The molecule has 2 N–H and O–H groups in total. The quantitative estimate of drug-likeness (QED) is 0.698. The van der Waals surface area contributed by atoms with Gasteiger partial charge in [0.15, 0.2) is 6.61 Å². The molecule has 1 aromatic carbocycles. The molecule has 0 aromatic heterocycles. The Bertz CT molecular complexity index is 757. The van der Waals surface area contributed by atoms with Crippen LogP contribution in [0.4, 0.5) is 0 Å². The van der Waals surface area contributed by atoms with Crippen LogP contribution in [-0.4, -0.2) is 36.5 Å². The second-order valence-corrected chi connectivity index (χ2v) is 8.19. The summed E-state index contributed by atoms with van der Waals surface area (Å²) in [6, 6.07) is 9.18. The molecule has 0 saturated carbocycles. The first-order valence-electron chi connectivity index (χ1n) is 9.15.